The Hall–Kier alpha value is -0.940. The predicted molar refractivity (Wildman–Crippen MR) is 131 cm³/mol. The van der Waals surface area contributed by atoms with Gasteiger partial charge in [-0.05, 0) is 104 Å². The van der Waals surface area contributed by atoms with Crippen LogP contribution < -0.4 is 4.74 Å². The van der Waals surface area contributed by atoms with Gasteiger partial charge in [0, 0.05) is 3.57 Å². The maximum atomic E-state index is 13.3. The van der Waals surface area contributed by atoms with E-state index in [-0.39, 0.29) is 11.3 Å². The van der Waals surface area contributed by atoms with E-state index in [1.165, 1.54) is 0 Å². The molecule has 0 aliphatic rings. The van der Waals surface area contributed by atoms with Crippen LogP contribution in [0, 0.1) is 10.7 Å². The highest BCUT2D eigenvalue weighted by atomic mass is 127. The molecule has 2 aromatic carbocycles. The molecule has 192 valence electrons. The Balaban J connectivity index is 2.34. The maximum absolute atomic E-state index is 13.3. The van der Waals surface area contributed by atoms with Crippen LogP contribution >= 0.6 is 67.8 Å². The van der Waals surface area contributed by atoms with Crippen LogP contribution in [0.4, 0.5) is 26.3 Å². The normalized spacial score (nSPS) is 12.9. The van der Waals surface area contributed by atoms with E-state index < -0.39 is 51.3 Å². The number of benzene rings is 2. The van der Waals surface area contributed by atoms with E-state index in [0.29, 0.717) is 19.3 Å². The summed E-state index contributed by atoms with van der Waals surface area (Å²) < 4.78 is 123. The molecule has 0 fully saturated rings. The Morgan fingerprint density at radius 2 is 1.23 bits per heavy atom. The summed E-state index contributed by atoms with van der Waals surface area (Å²) in [6, 6.07) is 6.51. The van der Waals surface area contributed by atoms with Crippen molar-refractivity contribution >= 4 is 89.8 Å². The highest BCUT2D eigenvalue weighted by molar-refractivity contribution is 14.1. The van der Waals surface area contributed by atoms with Gasteiger partial charge in [0.25, 0.3) is 0 Å². The van der Waals surface area contributed by atoms with E-state index in [2.05, 4.69) is 4.74 Å². The number of carbonyl (C=O) groups is 2. The molecule has 0 bridgehead atoms. The van der Waals surface area contributed by atoms with Gasteiger partial charge in [0.1, 0.15) is 0 Å². The summed E-state index contributed by atoms with van der Waals surface area (Å²) in [5.41, 5.74) is -6.71. The lowest BCUT2D eigenvalue weighted by atomic mass is 10.0. The molecule has 0 aliphatic carbocycles. The van der Waals surface area contributed by atoms with Crippen molar-refractivity contribution in [2.24, 2.45) is 0 Å². The van der Waals surface area contributed by atoms with Crippen LogP contribution in [-0.4, -0.2) is 48.6 Å². The fourth-order valence-electron chi connectivity index (χ4n) is 2.46. The van der Waals surface area contributed by atoms with Crippen molar-refractivity contribution in [2.45, 2.75) is 18.0 Å². The lowest BCUT2D eigenvalue weighted by Crippen LogP contribution is -2.63. The van der Waals surface area contributed by atoms with Crippen LogP contribution in [0.2, 0.25) is 0 Å². The van der Waals surface area contributed by atoms with E-state index in [1.54, 1.807) is 12.1 Å². The van der Waals surface area contributed by atoms with Gasteiger partial charge >= 0.3 is 29.9 Å². The van der Waals surface area contributed by atoms with Crippen molar-refractivity contribution in [3.8, 4) is 5.75 Å². The zero-order valence-corrected chi connectivity index (χ0v) is 23.6. The predicted octanol–water partition coefficient (Wildman–Crippen LogP) is 5.29. The van der Waals surface area contributed by atoms with Crippen LogP contribution in [-0.2, 0) is 14.9 Å². The van der Waals surface area contributed by atoms with E-state index in [4.69, 9.17) is 4.74 Å². The molecule has 0 amide bonds. The smallest absolute Gasteiger partial charge is 0.438 e. The number of halogens is 9. The van der Waals surface area contributed by atoms with Crippen molar-refractivity contribution in [1.82, 2.24) is 0 Å². The molecule has 0 saturated heterocycles. The number of ether oxygens (including phenoxy) is 2. The minimum atomic E-state index is -6.50. The first-order chi connectivity index (χ1) is 15.8. The van der Waals surface area contributed by atoms with Gasteiger partial charge < -0.3 is 14.0 Å². The fourth-order valence-corrected chi connectivity index (χ4v) is 7.14. The average Bonchev–Trinajstić information content (AvgIpc) is 2.67. The maximum Gasteiger partial charge on any atom is 0.438 e. The van der Waals surface area contributed by atoms with Gasteiger partial charge in [-0.25, -0.2) is 18.0 Å². The third kappa shape index (κ3) is 7.31. The van der Waals surface area contributed by atoms with Crippen LogP contribution in [0.3, 0.4) is 0 Å². The summed E-state index contributed by atoms with van der Waals surface area (Å²) in [7, 11) is -6.16. The van der Waals surface area contributed by atoms with Gasteiger partial charge in [-0.1, -0.05) is 0 Å². The molecule has 0 N–H and O–H groups in total. The number of hydrogen-bond donors (Lipinski definition) is 0. The second kappa shape index (κ2) is 10.8. The van der Waals surface area contributed by atoms with Crippen LogP contribution in [0.15, 0.2) is 36.4 Å². The zero-order valence-electron chi connectivity index (χ0n) is 16.3. The van der Waals surface area contributed by atoms with Gasteiger partial charge in [-0.3, -0.25) is 0 Å². The molecule has 2 aromatic rings. The van der Waals surface area contributed by atoms with E-state index >= 15 is 0 Å². The first kappa shape index (κ1) is 30.3. The van der Waals surface area contributed by atoms with Gasteiger partial charge in [0.05, 0.1) is 34.1 Å². The van der Waals surface area contributed by atoms with Crippen molar-refractivity contribution in [1.29, 1.82) is 0 Å². The summed E-state index contributed by atoms with van der Waals surface area (Å²) in [4.78, 5) is 24.5. The minimum Gasteiger partial charge on any atom is -0.748 e. The molecule has 0 aromatic heterocycles. The second-order valence-corrected chi connectivity index (χ2v) is 11.6. The number of rotatable bonds is 6. The van der Waals surface area contributed by atoms with Crippen LogP contribution in [0.25, 0.3) is 0 Å². The summed E-state index contributed by atoms with van der Waals surface area (Å²) in [6.45, 7) is 0. The molecule has 0 saturated carbocycles. The highest BCUT2D eigenvalue weighted by Gasteiger charge is 2.75. The summed E-state index contributed by atoms with van der Waals surface area (Å²) >= 11 is 5.87. The molecule has 0 radical (unpaired) electrons. The average molecular weight is 863 g/mol. The quantitative estimate of drug-likeness (QED) is 0.128. The summed E-state index contributed by atoms with van der Waals surface area (Å²) in [5, 5.41) is 0. The Kier molecular flexibility index (Phi) is 9.36. The molecule has 0 atom stereocenters. The van der Waals surface area contributed by atoms with Crippen LogP contribution in [0.5, 0.6) is 5.75 Å². The molecule has 0 aliphatic heterocycles. The van der Waals surface area contributed by atoms with Crippen LogP contribution in [0.1, 0.15) is 20.7 Å². The van der Waals surface area contributed by atoms with Gasteiger partial charge in [0.15, 0.2) is 5.75 Å². The Labute approximate surface area is 234 Å². The largest absolute Gasteiger partial charge is 0.748 e. The minimum absolute atomic E-state index is 0.207. The first-order valence-corrected chi connectivity index (χ1v) is 13.4. The molecule has 35 heavy (non-hydrogen) atoms. The van der Waals surface area contributed by atoms with Gasteiger partial charge in [0.2, 0.25) is 0 Å². The van der Waals surface area contributed by atoms with Crippen molar-refractivity contribution < 1.29 is 58.4 Å². The van der Waals surface area contributed by atoms with Crippen molar-refractivity contribution in [2.75, 3.05) is 5.75 Å². The Morgan fingerprint density at radius 1 is 0.829 bits per heavy atom. The number of hydrogen-bond acceptors (Lipinski definition) is 7. The fraction of sp³-hybridized carbons (Fsp3) is 0.222. The monoisotopic (exact) mass is 863 g/mol. The number of alkyl halides is 6. The lowest BCUT2D eigenvalue weighted by Gasteiger charge is -2.36. The molecule has 2 rings (SSSR count). The lowest BCUT2D eigenvalue weighted by molar-refractivity contribution is -0.356. The third-order valence-electron chi connectivity index (χ3n) is 4.08. The summed E-state index contributed by atoms with van der Waals surface area (Å²) in [5.74, 6) is -6.08. The second-order valence-electron chi connectivity index (χ2n) is 6.58. The van der Waals surface area contributed by atoms with Gasteiger partial charge in [-0.15, -0.1) is 0 Å². The molecule has 7 nitrogen and oxygen atoms in total. The van der Waals surface area contributed by atoms with E-state index in [1.807, 2.05) is 67.8 Å². The van der Waals surface area contributed by atoms with E-state index in [0.717, 1.165) is 15.7 Å². The molecule has 17 heteroatoms. The number of carbonyl (C=O) groups excluding carboxylic acids is 2. The Morgan fingerprint density at radius 3 is 1.60 bits per heavy atom. The van der Waals surface area contributed by atoms with Crippen molar-refractivity contribution in [3.63, 3.8) is 0 Å². The first-order valence-electron chi connectivity index (χ1n) is 8.54. The standard InChI is InChI=1S/C18H9F6I3O7S/c19-17(20,21)16(18(22,23)24,7-35(30,31)32)34-15(29)9-3-1-8(2-4-9)14(28)33-13-11(26)5-10(25)6-12(13)27/h1-6H,7H2,(H,30,31,32)/p-1. The van der Waals surface area contributed by atoms with Gasteiger partial charge in [-0.2, -0.15) is 26.3 Å². The van der Waals surface area contributed by atoms with Crippen molar-refractivity contribution in [3.05, 3.63) is 58.2 Å². The summed E-state index contributed by atoms with van der Waals surface area (Å²) in [6.07, 6.45) is -13.0. The topological polar surface area (TPSA) is 110 Å². The molecular formula is C18H8F6I3O7S-. The SMILES string of the molecule is O=C(Oc1c(I)cc(I)cc1I)c1ccc(C(=O)OC(CS(=O)(=O)[O-])(C(F)(F)F)C(F)(F)F)cc1. The molecule has 0 spiro atoms. The number of esters is 2. The molecule has 0 heterocycles. The third-order valence-corrected chi connectivity index (χ3v) is 7.06. The highest BCUT2D eigenvalue weighted by Crippen LogP contribution is 2.47. The molecule has 0 unspecified atom stereocenters. The van der Waals surface area contributed by atoms with E-state index in [9.17, 15) is 48.9 Å². The zero-order chi connectivity index (χ0) is 27.0. The molecular weight excluding hydrogens is 855 g/mol. The Bertz CT molecular complexity index is 1210.